The van der Waals surface area contributed by atoms with E-state index in [-0.39, 0.29) is 5.76 Å². The first-order valence-electron chi connectivity index (χ1n) is 3.57. The highest BCUT2D eigenvalue weighted by Crippen LogP contribution is 2.03. The van der Waals surface area contributed by atoms with Crippen molar-refractivity contribution in [3.05, 3.63) is 24.3 Å². The number of carbonyl (C=O) groups is 1. The standard InChI is InChI=1S/C8H9NO3/c1-2-11-8(10)7-6-9-4-3-5-12-7/h3-6H,2H2,1H3. The Morgan fingerprint density at radius 1 is 1.75 bits per heavy atom. The van der Waals surface area contributed by atoms with Crippen molar-refractivity contribution in [1.82, 2.24) is 0 Å². The second-order valence-corrected chi connectivity index (χ2v) is 1.96. The number of rotatable bonds is 2. The molecule has 1 heterocycles. The number of hydrogen-bond acceptors (Lipinski definition) is 4. The van der Waals surface area contributed by atoms with Gasteiger partial charge in [-0.3, -0.25) is 4.99 Å². The van der Waals surface area contributed by atoms with Gasteiger partial charge in [0.25, 0.3) is 0 Å². The predicted octanol–water partition coefficient (Wildman–Crippen LogP) is 1.01. The molecule has 0 aromatic heterocycles. The second-order valence-electron chi connectivity index (χ2n) is 1.96. The van der Waals surface area contributed by atoms with Gasteiger partial charge >= 0.3 is 5.97 Å². The van der Waals surface area contributed by atoms with Gasteiger partial charge in [0.15, 0.2) is 0 Å². The van der Waals surface area contributed by atoms with Gasteiger partial charge in [-0.15, -0.1) is 0 Å². The number of carbonyl (C=O) groups excluding carboxylic acids is 1. The molecule has 0 unspecified atom stereocenters. The molecule has 1 aliphatic rings. The third-order valence-corrected chi connectivity index (χ3v) is 1.11. The van der Waals surface area contributed by atoms with Crippen LogP contribution in [-0.2, 0) is 14.3 Å². The number of aliphatic imine (C=N–C) groups is 1. The highest BCUT2D eigenvalue weighted by atomic mass is 16.6. The zero-order valence-corrected chi connectivity index (χ0v) is 6.69. The molecule has 0 saturated heterocycles. The molecule has 0 spiro atoms. The average molecular weight is 167 g/mol. The normalized spacial score (nSPS) is 14.6. The zero-order valence-electron chi connectivity index (χ0n) is 6.69. The minimum atomic E-state index is -0.499. The largest absolute Gasteiger partial charge is 0.460 e. The quantitative estimate of drug-likeness (QED) is 0.576. The maximum absolute atomic E-state index is 11.0. The monoisotopic (exact) mass is 167 g/mol. The van der Waals surface area contributed by atoms with Gasteiger partial charge in [0.2, 0.25) is 5.76 Å². The molecule has 12 heavy (non-hydrogen) atoms. The Balaban J connectivity index is 2.62. The summed E-state index contributed by atoms with van der Waals surface area (Å²) < 4.78 is 9.60. The van der Waals surface area contributed by atoms with E-state index in [4.69, 9.17) is 9.47 Å². The molecule has 0 N–H and O–H groups in total. The van der Waals surface area contributed by atoms with Crippen LogP contribution < -0.4 is 0 Å². The van der Waals surface area contributed by atoms with Crippen LogP contribution in [0.3, 0.4) is 0 Å². The van der Waals surface area contributed by atoms with Gasteiger partial charge in [-0.1, -0.05) is 0 Å². The van der Waals surface area contributed by atoms with E-state index in [9.17, 15) is 4.79 Å². The van der Waals surface area contributed by atoms with Crippen LogP contribution in [-0.4, -0.2) is 18.8 Å². The van der Waals surface area contributed by atoms with Crippen LogP contribution in [0, 0.1) is 0 Å². The minimum Gasteiger partial charge on any atom is -0.460 e. The first-order valence-corrected chi connectivity index (χ1v) is 3.57. The molecule has 0 fully saturated rings. The van der Waals surface area contributed by atoms with Crippen LogP contribution in [0.4, 0.5) is 0 Å². The number of allylic oxidation sites excluding steroid dienone is 1. The summed E-state index contributed by atoms with van der Waals surface area (Å²) >= 11 is 0. The van der Waals surface area contributed by atoms with Crippen LogP contribution in [0.25, 0.3) is 0 Å². The summed E-state index contributed by atoms with van der Waals surface area (Å²) in [5.41, 5.74) is 0. The first-order chi connectivity index (χ1) is 5.84. The summed E-state index contributed by atoms with van der Waals surface area (Å²) in [4.78, 5) is 14.8. The topological polar surface area (TPSA) is 47.9 Å². The molecule has 0 aromatic carbocycles. The van der Waals surface area contributed by atoms with Crippen LogP contribution >= 0.6 is 0 Å². The fourth-order valence-corrected chi connectivity index (χ4v) is 0.642. The molecule has 0 radical (unpaired) electrons. The van der Waals surface area contributed by atoms with Crippen molar-refractivity contribution in [3.63, 3.8) is 0 Å². The van der Waals surface area contributed by atoms with Gasteiger partial charge in [-0.25, -0.2) is 4.79 Å². The number of ether oxygens (including phenoxy) is 2. The third-order valence-electron chi connectivity index (χ3n) is 1.11. The van der Waals surface area contributed by atoms with Crippen LogP contribution in [0.2, 0.25) is 0 Å². The van der Waals surface area contributed by atoms with Gasteiger partial charge in [0.05, 0.1) is 19.1 Å². The van der Waals surface area contributed by atoms with Crippen LogP contribution in [0.15, 0.2) is 29.3 Å². The first kappa shape index (κ1) is 8.52. The summed E-state index contributed by atoms with van der Waals surface area (Å²) in [6, 6.07) is 0. The van der Waals surface area contributed by atoms with Crippen molar-refractivity contribution >= 4 is 12.2 Å². The third kappa shape index (κ3) is 2.23. The average Bonchev–Trinajstić information content (AvgIpc) is 2.32. The number of hydrogen-bond donors (Lipinski definition) is 0. The van der Waals surface area contributed by atoms with E-state index in [1.54, 1.807) is 13.0 Å². The van der Waals surface area contributed by atoms with E-state index in [1.807, 2.05) is 0 Å². The predicted molar refractivity (Wildman–Crippen MR) is 43.4 cm³/mol. The Labute approximate surface area is 70.2 Å². The molecule has 0 aliphatic carbocycles. The van der Waals surface area contributed by atoms with E-state index in [2.05, 4.69) is 4.99 Å². The lowest BCUT2D eigenvalue weighted by Gasteiger charge is -2.02. The van der Waals surface area contributed by atoms with Crippen LogP contribution in [0.5, 0.6) is 0 Å². The van der Waals surface area contributed by atoms with Crippen molar-refractivity contribution in [1.29, 1.82) is 0 Å². The molecule has 0 aromatic rings. The second kappa shape index (κ2) is 4.33. The van der Waals surface area contributed by atoms with Crippen molar-refractivity contribution in [2.45, 2.75) is 6.92 Å². The van der Waals surface area contributed by atoms with E-state index in [1.165, 1.54) is 18.7 Å². The summed E-state index contributed by atoms with van der Waals surface area (Å²) in [5.74, 6) is -0.400. The molecular weight excluding hydrogens is 158 g/mol. The molecule has 1 rings (SSSR count). The van der Waals surface area contributed by atoms with Gasteiger partial charge in [-0.2, -0.15) is 0 Å². The number of esters is 1. The number of nitrogens with zero attached hydrogens (tertiary/aromatic N) is 1. The lowest BCUT2D eigenvalue weighted by Crippen LogP contribution is -2.08. The van der Waals surface area contributed by atoms with Crippen LogP contribution in [0.1, 0.15) is 6.92 Å². The van der Waals surface area contributed by atoms with Crippen molar-refractivity contribution < 1.29 is 14.3 Å². The summed E-state index contributed by atoms with van der Waals surface area (Å²) in [6.45, 7) is 2.06. The molecular formula is C8H9NO3. The molecule has 0 atom stereocenters. The van der Waals surface area contributed by atoms with Gasteiger partial charge in [0.1, 0.15) is 0 Å². The SMILES string of the molecule is CCOC(=O)C1=CN=CC=CO1. The van der Waals surface area contributed by atoms with Crippen molar-refractivity contribution in [2.75, 3.05) is 6.61 Å². The van der Waals surface area contributed by atoms with Gasteiger partial charge in [-0.05, 0) is 13.0 Å². The molecule has 0 amide bonds. The zero-order chi connectivity index (χ0) is 8.81. The molecule has 4 heteroatoms. The van der Waals surface area contributed by atoms with E-state index >= 15 is 0 Å². The Hall–Kier alpha value is -1.58. The highest BCUT2D eigenvalue weighted by molar-refractivity contribution is 5.87. The lowest BCUT2D eigenvalue weighted by atomic mass is 10.5. The highest BCUT2D eigenvalue weighted by Gasteiger charge is 2.10. The Morgan fingerprint density at radius 2 is 2.58 bits per heavy atom. The maximum Gasteiger partial charge on any atom is 0.375 e. The minimum absolute atomic E-state index is 0.0989. The summed E-state index contributed by atoms with van der Waals surface area (Å²) in [7, 11) is 0. The lowest BCUT2D eigenvalue weighted by molar-refractivity contribution is -0.141. The fraction of sp³-hybridized carbons (Fsp3) is 0.250. The Morgan fingerprint density at radius 3 is 3.33 bits per heavy atom. The van der Waals surface area contributed by atoms with E-state index in [0.717, 1.165) is 0 Å². The van der Waals surface area contributed by atoms with Gasteiger partial charge in [0, 0.05) is 6.21 Å². The molecule has 1 aliphatic heterocycles. The molecule has 0 saturated carbocycles. The fourth-order valence-electron chi connectivity index (χ4n) is 0.642. The van der Waals surface area contributed by atoms with Crippen molar-refractivity contribution in [3.8, 4) is 0 Å². The smallest absolute Gasteiger partial charge is 0.375 e. The maximum atomic E-state index is 11.0. The Bertz CT molecular complexity index is 253. The molecule has 4 nitrogen and oxygen atoms in total. The van der Waals surface area contributed by atoms with E-state index in [0.29, 0.717) is 6.61 Å². The van der Waals surface area contributed by atoms with Gasteiger partial charge < -0.3 is 9.47 Å². The summed E-state index contributed by atoms with van der Waals surface area (Å²) in [6.07, 6.45) is 5.80. The molecule has 0 bridgehead atoms. The molecule has 64 valence electrons. The van der Waals surface area contributed by atoms with Crippen molar-refractivity contribution in [2.24, 2.45) is 4.99 Å². The Kier molecular flexibility index (Phi) is 3.07. The van der Waals surface area contributed by atoms with E-state index < -0.39 is 5.97 Å². The summed E-state index contributed by atoms with van der Waals surface area (Å²) in [5, 5.41) is 0.